The van der Waals surface area contributed by atoms with Crippen LogP contribution in [-0.2, 0) is 5.41 Å². The number of nitrogens with zero attached hydrogens (tertiary/aromatic N) is 2. The van der Waals surface area contributed by atoms with Crippen molar-refractivity contribution in [1.82, 2.24) is 4.57 Å². The van der Waals surface area contributed by atoms with Crippen molar-refractivity contribution >= 4 is 60.4 Å². The molecule has 0 atom stereocenters. The largest absolute Gasteiger partial charge is 0.310 e. The Balaban J connectivity index is 0.933. The van der Waals surface area contributed by atoms with Crippen LogP contribution in [0.4, 0.5) is 17.1 Å². The maximum absolute atomic E-state index is 2.40. The molecule has 1 aromatic heterocycles. The number of benzene rings is 11. The van der Waals surface area contributed by atoms with Gasteiger partial charge in [0.15, 0.2) is 0 Å². The van der Waals surface area contributed by atoms with E-state index in [9.17, 15) is 0 Å². The zero-order valence-electron chi connectivity index (χ0n) is 37.5. The van der Waals surface area contributed by atoms with E-state index in [1.165, 1.54) is 99.0 Å². The van der Waals surface area contributed by atoms with E-state index in [0.29, 0.717) is 0 Å². The minimum Gasteiger partial charge on any atom is -0.310 e. The maximum Gasteiger partial charge on any atom is 0.0547 e. The molecule has 0 spiro atoms. The van der Waals surface area contributed by atoms with Crippen LogP contribution in [0.1, 0.15) is 25.0 Å². The number of para-hydroxylation sites is 2. The van der Waals surface area contributed by atoms with Crippen molar-refractivity contribution in [3.8, 4) is 50.2 Å². The highest BCUT2D eigenvalue weighted by atomic mass is 15.1. The van der Waals surface area contributed by atoms with Crippen molar-refractivity contribution < 1.29 is 0 Å². The van der Waals surface area contributed by atoms with Crippen LogP contribution in [0.3, 0.4) is 0 Å². The Morgan fingerprint density at radius 3 is 1.78 bits per heavy atom. The number of hydrogen-bond donors (Lipinski definition) is 0. The highest BCUT2D eigenvalue weighted by molar-refractivity contribution is 6.16. The van der Waals surface area contributed by atoms with Crippen LogP contribution in [0, 0.1) is 0 Å². The SMILES string of the molecule is CC1(C)c2ccccc2-c2cc(-c3ccc(N(c4ccc(-c5cccc6c5c5ccccc5n6-c5ccccc5)cc4)c4cccc(-c5cccc6c5ccc5ccccc56)c4)cc3)ccc21. The summed E-state index contributed by atoms with van der Waals surface area (Å²) in [6.45, 7) is 4.69. The fourth-order valence-electron chi connectivity index (χ4n) is 11.2. The third kappa shape index (κ3) is 6.25. The van der Waals surface area contributed by atoms with Gasteiger partial charge in [0.1, 0.15) is 0 Å². The zero-order valence-corrected chi connectivity index (χ0v) is 37.5. The van der Waals surface area contributed by atoms with E-state index < -0.39 is 0 Å². The lowest BCUT2D eigenvalue weighted by molar-refractivity contribution is 0.660. The van der Waals surface area contributed by atoms with Gasteiger partial charge in [-0.15, -0.1) is 0 Å². The lowest BCUT2D eigenvalue weighted by Crippen LogP contribution is -2.14. The molecule has 13 rings (SSSR count). The molecule has 1 heterocycles. The van der Waals surface area contributed by atoms with E-state index in [4.69, 9.17) is 0 Å². The van der Waals surface area contributed by atoms with Crippen LogP contribution in [0.15, 0.2) is 243 Å². The molecule has 0 saturated carbocycles. The Hall–Kier alpha value is -8.46. The van der Waals surface area contributed by atoms with E-state index in [1.54, 1.807) is 0 Å². The molecule has 316 valence electrons. The number of anilines is 3. The van der Waals surface area contributed by atoms with Crippen molar-refractivity contribution in [2.75, 3.05) is 4.90 Å². The molecule has 0 N–H and O–H groups in total. The van der Waals surface area contributed by atoms with Gasteiger partial charge in [0.05, 0.1) is 11.0 Å². The summed E-state index contributed by atoms with van der Waals surface area (Å²) in [6, 6.07) is 89.4. The Labute approximate surface area is 391 Å². The topological polar surface area (TPSA) is 8.17 Å². The normalized spacial score (nSPS) is 12.7. The van der Waals surface area contributed by atoms with Crippen molar-refractivity contribution in [3.63, 3.8) is 0 Å². The lowest BCUT2D eigenvalue weighted by atomic mass is 9.82. The first-order chi connectivity index (χ1) is 33.0. The standard InChI is InChI=1S/C65H46N2/c1-65(2)60-26-10-8-21-57(60)59-42-46(34-40-61(59)65)43-29-35-49(36-30-43)66(51-19-12-16-47(41-51)53-23-13-25-55-52-20-7-6-15-44(52)33-39-56(53)55)50-37-31-45(32-38-50)54-24-14-28-63-64(54)58-22-9-11-27-62(58)67(63)48-17-4-3-5-18-48/h3-42H,1-2H3. The number of hydrogen-bond acceptors (Lipinski definition) is 1. The van der Waals surface area contributed by atoms with Crippen molar-refractivity contribution in [3.05, 3.63) is 254 Å². The van der Waals surface area contributed by atoms with Gasteiger partial charge in [0.2, 0.25) is 0 Å². The van der Waals surface area contributed by atoms with Crippen LogP contribution >= 0.6 is 0 Å². The second-order valence-corrected chi connectivity index (χ2v) is 18.5. The van der Waals surface area contributed by atoms with Crippen LogP contribution in [0.25, 0.3) is 93.5 Å². The first-order valence-corrected chi connectivity index (χ1v) is 23.3. The smallest absolute Gasteiger partial charge is 0.0547 e. The molecule has 2 nitrogen and oxygen atoms in total. The summed E-state index contributed by atoms with van der Waals surface area (Å²) in [4.78, 5) is 2.40. The molecule has 12 aromatic rings. The summed E-state index contributed by atoms with van der Waals surface area (Å²) in [7, 11) is 0. The van der Waals surface area contributed by atoms with E-state index in [2.05, 4.69) is 266 Å². The molecule has 1 aliphatic carbocycles. The molecular weight excluding hydrogens is 809 g/mol. The van der Waals surface area contributed by atoms with Gasteiger partial charge in [-0.05, 0) is 144 Å². The summed E-state index contributed by atoms with van der Waals surface area (Å²) in [5.74, 6) is 0. The molecule has 0 aliphatic heterocycles. The second kappa shape index (κ2) is 15.3. The van der Waals surface area contributed by atoms with Crippen LogP contribution in [-0.4, -0.2) is 4.57 Å². The van der Waals surface area contributed by atoms with Gasteiger partial charge in [0.25, 0.3) is 0 Å². The molecule has 0 bridgehead atoms. The third-order valence-corrected chi connectivity index (χ3v) is 14.4. The fourth-order valence-corrected chi connectivity index (χ4v) is 11.2. The average Bonchev–Trinajstić information content (AvgIpc) is 3.85. The van der Waals surface area contributed by atoms with Crippen LogP contribution in [0.5, 0.6) is 0 Å². The van der Waals surface area contributed by atoms with E-state index in [1.807, 2.05) is 0 Å². The van der Waals surface area contributed by atoms with Crippen molar-refractivity contribution in [2.24, 2.45) is 0 Å². The predicted molar refractivity (Wildman–Crippen MR) is 284 cm³/mol. The minimum atomic E-state index is -0.0215. The van der Waals surface area contributed by atoms with Gasteiger partial charge < -0.3 is 9.47 Å². The van der Waals surface area contributed by atoms with Gasteiger partial charge in [-0.1, -0.05) is 190 Å². The molecule has 1 aliphatic rings. The molecule has 0 unspecified atom stereocenters. The number of fused-ring (bicyclic) bond motifs is 9. The minimum absolute atomic E-state index is 0.0215. The molecule has 0 saturated heterocycles. The van der Waals surface area contributed by atoms with E-state index in [0.717, 1.165) is 22.7 Å². The summed E-state index contributed by atoms with van der Waals surface area (Å²) < 4.78 is 2.39. The van der Waals surface area contributed by atoms with Crippen molar-refractivity contribution in [2.45, 2.75) is 19.3 Å². The summed E-state index contributed by atoms with van der Waals surface area (Å²) in [6.07, 6.45) is 0. The molecule has 0 radical (unpaired) electrons. The molecule has 67 heavy (non-hydrogen) atoms. The average molecular weight is 855 g/mol. The molecule has 0 fully saturated rings. The Bertz CT molecular complexity index is 3870. The number of rotatable bonds is 7. The Morgan fingerprint density at radius 1 is 0.328 bits per heavy atom. The molecule has 11 aromatic carbocycles. The maximum atomic E-state index is 2.40. The second-order valence-electron chi connectivity index (χ2n) is 18.5. The molecular formula is C65H46N2. The third-order valence-electron chi connectivity index (χ3n) is 14.4. The highest BCUT2D eigenvalue weighted by Gasteiger charge is 2.35. The quantitative estimate of drug-likeness (QED) is 0.145. The predicted octanol–water partition coefficient (Wildman–Crippen LogP) is 17.9. The van der Waals surface area contributed by atoms with E-state index >= 15 is 0 Å². The monoisotopic (exact) mass is 854 g/mol. The zero-order chi connectivity index (χ0) is 44.6. The Morgan fingerprint density at radius 2 is 0.940 bits per heavy atom. The summed E-state index contributed by atoms with van der Waals surface area (Å²) in [5.41, 5.74) is 19.5. The first-order valence-electron chi connectivity index (χ1n) is 23.3. The summed E-state index contributed by atoms with van der Waals surface area (Å²) in [5, 5.41) is 7.56. The van der Waals surface area contributed by atoms with Gasteiger partial charge in [-0.3, -0.25) is 0 Å². The first kappa shape index (κ1) is 39.0. The molecule has 0 amide bonds. The summed E-state index contributed by atoms with van der Waals surface area (Å²) >= 11 is 0. The van der Waals surface area contributed by atoms with Gasteiger partial charge in [-0.2, -0.15) is 0 Å². The van der Waals surface area contributed by atoms with Gasteiger partial charge in [-0.25, -0.2) is 0 Å². The fraction of sp³-hybridized carbons (Fsp3) is 0.0462. The highest BCUT2D eigenvalue weighted by Crippen LogP contribution is 2.50. The molecule has 2 heteroatoms. The van der Waals surface area contributed by atoms with Gasteiger partial charge in [0, 0.05) is 38.9 Å². The van der Waals surface area contributed by atoms with Crippen LogP contribution < -0.4 is 4.90 Å². The Kier molecular flexibility index (Phi) is 8.91. The van der Waals surface area contributed by atoms with Gasteiger partial charge >= 0.3 is 0 Å². The van der Waals surface area contributed by atoms with Crippen LogP contribution in [0.2, 0.25) is 0 Å². The van der Waals surface area contributed by atoms with E-state index in [-0.39, 0.29) is 5.41 Å². The number of aromatic nitrogens is 1. The van der Waals surface area contributed by atoms with Crippen molar-refractivity contribution in [1.29, 1.82) is 0 Å². The lowest BCUT2D eigenvalue weighted by Gasteiger charge is -2.27.